The molecular formula is C19H13FN4O2. The molecule has 1 N–H and O–H groups in total. The van der Waals surface area contributed by atoms with E-state index < -0.39 is 23.4 Å². The zero-order chi connectivity index (χ0) is 18.5. The maximum Gasteiger partial charge on any atom is 0.250 e. The number of ketones is 1. The van der Waals surface area contributed by atoms with E-state index in [2.05, 4.69) is 10.3 Å². The first-order valence-corrected chi connectivity index (χ1v) is 7.69. The molecule has 1 amide bonds. The normalized spacial score (nSPS) is 11.4. The van der Waals surface area contributed by atoms with E-state index in [1.165, 1.54) is 24.4 Å². The number of anilines is 1. The second-order valence-electron chi connectivity index (χ2n) is 5.39. The van der Waals surface area contributed by atoms with Crippen molar-refractivity contribution in [1.82, 2.24) is 9.55 Å². The van der Waals surface area contributed by atoms with E-state index in [1.54, 1.807) is 47.3 Å². The van der Waals surface area contributed by atoms with Crippen molar-refractivity contribution in [2.24, 2.45) is 5.92 Å². The molecule has 26 heavy (non-hydrogen) atoms. The largest absolute Gasteiger partial charge is 0.321 e. The molecule has 0 aliphatic heterocycles. The van der Waals surface area contributed by atoms with Crippen LogP contribution in [0.4, 0.5) is 10.2 Å². The Hall–Kier alpha value is -3.79. The van der Waals surface area contributed by atoms with Gasteiger partial charge in [-0.15, -0.1) is 0 Å². The zero-order valence-corrected chi connectivity index (χ0v) is 13.5. The van der Waals surface area contributed by atoms with Gasteiger partial charge in [0.05, 0.1) is 11.8 Å². The van der Waals surface area contributed by atoms with Crippen molar-refractivity contribution in [2.75, 3.05) is 5.32 Å². The minimum absolute atomic E-state index is 0.0545. The zero-order valence-electron chi connectivity index (χ0n) is 13.5. The number of carbonyl (C=O) groups excluding carboxylic acids is 2. The van der Waals surface area contributed by atoms with E-state index in [0.29, 0.717) is 0 Å². The fraction of sp³-hybridized carbons (Fsp3) is 0.0526. The first kappa shape index (κ1) is 17.0. The highest BCUT2D eigenvalue weighted by atomic mass is 19.1. The number of benzene rings is 1. The highest BCUT2D eigenvalue weighted by Gasteiger charge is 2.28. The number of nitrogens with zero attached hydrogens (tertiary/aromatic N) is 3. The lowest BCUT2D eigenvalue weighted by atomic mass is 9.97. The summed E-state index contributed by atoms with van der Waals surface area (Å²) in [4.78, 5) is 28.6. The highest BCUT2D eigenvalue weighted by molar-refractivity contribution is 6.15. The molecule has 0 spiro atoms. The SMILES string of the molecule is N#C[C@H](C(=O)Nc1ccccn1)C(=O)c1ccc(-n2cccc2)c(F)c1. The van der Waals surface area contributed by atoms with Gasteiger partial charge in [-0.2, -0.15) is 5.26 Å². The van der Waals surface area contributed by atoms with E-state index in [9.17, 15) is 19.2 Å². The Balaban J connectivity index is 1.81. The lowest BCUT2D eigenvalue weighted by molar-refractivity contribution is -0.117. The van der Waals surface area contributed by atoms with E-state index in [-0.39, 0.29) is 17.1 Å². The third-order valence-electron chi connectivity index (χ3n) is 3.68. The maximum atomic E-state index is 14.3. The summed E-state index contributed by atoms with van der Waals surface area (Å²) in [6.07, 6.45) is 4.80. The first-order chi connectivity index (χ1) is 12.6. The van der Waals surface area contributed by atoms with E-state index in [4.69, 9.17) is 0 Å². The number of amides is 1. The van der Waals surface area contributed by atoms with Gasteiger partial charge in [0.2, 0.25) is 0 Å². The number of carbonyl (C=O) groups is 2. The molecule has 0 radical (unpaired) electrons. The fourth-order valence-electron chi connectivity index (χ4n) is 2.40. The molecule has 0 saturated heterocycles. The van der Waals surface area contributed by atoms with Crippen LogP contribution in [0.1, 0.15) is 10.4 Å². The van der Waals surface area contributed by atoms with Crippen molar-refractivity contribution in [3.63, 3.8) is 0 Å². The number of rotatable bonds is 5. The van der Waals surface area contributed by atoms with E-state index in [0.717, 1.165) is 6.07 Å². The van der Waals surface area contributed by atoms with Gasteiger partial charge in [-0.1, -0.05) is 6.07 Å². The van der Waals surface area contributed by atoms with Crippen molar-refractivity contribution >= 4 is 17.5 Å². The van der Waals surface area contributed by atoms with Crippen LogP contribution in [0.2, 0.25) is 0 Å². The van der Waals surface area contributed by atoms with Crippen molar-refractivity contribution in [3.8, 4) is 11.8 Å². The van der Waals surface area contributed by atoms with Gasteiger partial charge in [-0.3, -0.25) is 9.59 Å². The Labute approximate surface area is 148 Å². The molecule has 7 heteroatoms. The number of hydrogen-bond acceptors (Lipinski definition) is 4. The smallest absolute Gasteiger partial charge is 0.250 e. The third-order valence-corrected chi connectivity index (χ3v) is 3.68. The van der Waals surface area contributed by atoms with Gasteiger partial charge in [0.1, 0.15) is 11.6 Å². The molecule has 0 aliphatic rings. The predicted molar refractivity (Wildman–Crippen MR) is 92.0 cm³/mol. The molecule has 2 heterocycles. The van der Waals surface area contributed by atoms with Crippen LogP contribution in [0.15, 0.2) is 67.1 Å². The highest BCUT2D eigenvalue weighted by Crippen LogP contribution is 2.18. The van der Waals surface area contributed by atoms with Crippen molar-refractivity contribution < 1.29 is 14.0 Å². The topological polar surface area (TPSA) is 87.8 Å². The monoisotopic (exact) mass is 348 g/mol. The Kier molecular flexibility index (Phi) is 4.85. The molecule has 6 nitrogen and oxygen atoms in total. The molecule has 3 rings (SSSR count). The van der Waals surface area contributed by atoms with Gasteiger partial charge in [-0.25, -0.2) is 9.37 Å². The lowest BCUT2D eigenvalue weighted by Crippen LogP contribution is -2.29. The Morgan fingerprint density at radius 2 is 1.92 bits per heavy atom. The molecule has 1 atom stereocenters. The standard InChI is InChI=1S/C19H13FN4O2/c20-15-11-13(6-7-16(15)24-9-3-4-10-24)18(25)14(12-21)19(26)23-17-5-1-2-8-22-17/h1-11,14H,(H,22,23,26)/t14-/m0/s1. The summed E-state index contributed by atoms with van der Waals surface area (Å²) in [5.74, 6) is -3.60. The van der Waals surface area contributed by atoms with Gasteiger partial charge in [0.25, 0.3) is 5.91 Å². The van der Waals surface area contributed by atoms with E-state index in [1.807, 2.05) is 0 Å². The first-order valence-electron chi connectivity index (χ1n) is 7.69. The second kappa shape index (κ2) is 7.40. The van der Waals surface area contributed by atoms with Crippen LogP contribution < -0.4 is 5.32 Å². The van der Waals surface area contributed by atoms with Crippen LogP contribution in [0, 0.1) is 23.1 Å². The molecule has 2 aromatic heterocycles. The number of pyridine rings is 1. The number of nitriles is 1. The summed E-state index contributed by atoms with van der Waals surface area (Å²) in [5, 5.41) is 11.6. The Morgan fingerprint density at radius 3 is 2.54 bits per heavy atom. The minimum atomic E-state index is -1.60. The van der Waals surface area contributed by atoms with Gasteiger partial charge >= 0.3 is 0 Å². The molecule has 128 valence electrons. The van der Waals surface area contributed by atoms with Crippen molar-refractivity contribution in [2.45, 2.75) is 0 Å². The van der Waals surface area contributed by atoms with Crippen LogP contribution in [-0.2, 0) is 4.79 Å². The number of halogens is 1. The summed E-state index contributed by atoms with van der Waals surface area (Å²) >= 11 is 0. The molecule has 0 saturated carbocycles. The number of hydrogen-bond donors (Lipinski definition) is 1. The summed E-state index contributed by atoms with van der Waals surface area (Å²) in [5.41, 5.74) is 0.208. The molecule has 0 aliphatic carbocycles. The van der Waals surface area contributed by atoms with Crippen LogP contribution >= 0.6 is 0 Å². The average Bonchev–Trinajstić information content (AvgIpc) is 3.17. The number of Topliss-reactive ketones (excluding diaryl/α,β-unsaturated/α-hetero) is 1. The minimum Gasteiger partial charge on any atom is -0.321 e. The van der Waals surface area contributed by atoms with Gasteiger partial charge in [0.15, 0.2) is 11.7 Å². The fourth-order valence-corrected chi connectivity index (χ4v) is 2.40. The van der Waals surface area contributed by atoms with Gasteiger partial charge < -0.3 is 9.88 Å². The predicted octanol–water partition coefficient (Wildman–Crippen LogP) is 2.97. The summed E-state index contributed by atoms with van der Waals surface area (Å²) < 4.78 is 15.9. The summed E-state index contributed by atoms with van der Waals surface area (Å²) in [6, 6.07) is 13.8. The average molecular weight is 348 g/mol. The Bertz CT molecular complexity index is 979. The van der Waals surface area contributed by atoms with Crippen LogP contribution in [0.3, 0.4) is 0 Å². The molecule has 3 aromatic rings. The van der Waals surface area contributed by atoms with Crippen LogP contribution in [0.5, 0.6) is 0 Å². The second-order valence-corrected chi connectivity index (χ2v) is 5.39. The molecule has 0 bridgehead atoms. The van der Waals surface area contributed by atoms with E-state index >= 15 is 0 Å². The number of nitrogens with one attached hydrogen (secondary N) is 1. The molecular weight excluding hydrogens is 335 g/mol. The quantitative estimate of drug-likeness (QED) is 0.567. The number of aromatic nitrogens is 2. The van der Waals surface area contributed by atoms with Crippen molar-refractivity contribution in [3.05, 3.63) is 78.5 Å². The Morgan fingerprint density at radius 1 is 1.15 bits per heavy atom. The molecule has 0 fully saturated rings. The van der Waals surface area contributed by atoms with Crippen LogP contribution in [-0.4, -0.2) is 21.2 Å². The van der Waals surface area contributed by atoms with Crippen LogP contribution in [0.25, 0.3) is 5.69 Å². The summed E-state index contributed by atoms with van der Waals surface area (Å²) in [6.45, 7) is 0. The van der Waals surface area contributed by atoms with Crippen molar-refractivity contribution in [1.29, 1.82) is 5.26 Å². The third kappa shape index (κ3) is 3.49. The van der Waals surface area contributed by atoms with Gasteiger partial charge in [0, 0.05) is 24.2 Å². The molecule has 0 unspecified atom stereocenters. The lowest BCUT2D eigenvalue weighted by Gasteiger charge is -2.10. The maximum absolute atomic E-state index is 14.3. The summed E-state index contributed by atoms with van der Waals surface area (Å²) in [7, 11) is 0. The molecule has 1 aromatic carbocycles. The van der Waals surface area contributed by atoms with Gasteiger partial charge in [-0.05, 0) is 42.5 Å².